The first-order chi connectivity index (χ1) is 22.3. The van der Waals surface area contributed by atoms with Gasteiger partial charge in [0, 0.05) is 22.3 Å². The van der Waals surface area contributed by atoms with Crippen molar-refractivity contribution < 1.29 is 4.42 Å². The standard InChI is InChI=1S/C44H30O/c1-3-13-29(14-4-1)34-22-11-23-39-43-33(21-12-24-40(43)45-44(34)39)30-25-27-32(28-26-30)42-37-19-9-7-17-35(37)41(31-15-5-2-6-16-31)36-18-8-10-20-38(36)42/h1-27,32H,28H2. The van der Waals surface area contributed by atoms with Gasteiger partial charge in [0.2, 0.25) is 0 Å². The molecule has 212 valence electrons. The van der Waals surface area contributed by atoms with Crippen molar-refractivity contribution >= 4 is 49.1 Å². The highest BCUT2D eigenvalue weighted by Crippen LogP contribution is 2.45. The zero-order valence-electron chi connectivity index (χ0n) is 24.8. The predicted molar refractivity (Wildman–Crippen MR) is 191 cm³/mol. The molecule has 0 fully saturated rings. The molecule has 1 atom stereocenters. The van der Waals surface area contributed by atoms with E-state index in [1.807, 2.05) is 0 Å². The van der Waals surface area contributed by atoms with Crippen LogP contribution in [0.2, 0.25) is 0 Å². The molecule has 0 saturated heterocycles. The SMILES string of the molecule is C1=CC(c2c3ccccc3c(-c3ccccc3)c3ccccc23)CC=C1c1cccc2oc3c(-c4ccccc4)cccc3c12. The molecule has 0 spiro atoms. The first-order valence-corrected chi connectivity index (χ1v) is 15.7. The Morgan fingerprint density at radius 1 is 0.489 bits per heavy atom. The number of hydrogen-bond acceptors (Lipinski definition) is 1. The lowest BCUT2D eigenvalue weighted by Crippen LogP contribution is -2.02. The van der Waals surface area contributed by atoms with Gasteiger partial charge in [0.25, 0.3) is 0 Å². The molecule has 7 aromatic carbocycles. The normalized spacial score (nSPS) is 14.8. The fourth-order valence-corrected chi connectivity index (χ4v) is 7.45. The first kappa shape index (κ1) is 25.8. The second kappa shape index (κ2) is 10.5. The van der Waals surface area contributed by atoms with Crippen LogP contribution >= 0.6 is 0 Å². The molecule has 1 aromatic heterocycles. The molecule has 8 aromatic rings. The van der Waals surface area contributed by atoms with Crippen LogP contribution in [0.15, 0.2) is 168 Å². The second-order valence-electron chi connectivity index (χ2n) is 11.9. The van der Waals surface area contributed by atoms with E-state index in [0.717, 1.165) is 28.5 Å². The quantitative estimate of drug-likeness (QED) is 0.191. The Labute approximate surface area is 262 Å². The van der Waals surface area contributed by atoms with E-state index in [2.05, 4.69) is 164 Å². The third-order valence-corrected chi connectivity index (χ3v) is 9.42. The zero-order valence-corrected chi connectivity index (χ0v) is 24.8. The molecule has 0 saturated carbocycles. The molecular weight excluding hydrogens is 544 g/mol. The summed E-state index contributed by atoms with van der Waals surface area (Å²) in [5.74, 6) is 0.276. The lowest BCUT2D eigenvalue weighted by Gasteiger charge is -2.23. The maximum atomic E-state index is 6.55. The smallest absolute Gasteiger partial charge is 0.143 e. The molecule has 1 heteroatoms. The lowest BCUT2D eigenvalue weighted by atomic mass is 9.80. The van der Waals surface area contributed by atoms with E-state index in [4.69, 9.17) is 4.42 Å². The molecule has 0 aliphatic heterocycles. The Morgan fingerprint density at radius 3 is 1.73 bits per heavy atom. The van der Waals surface area contributed by atoms with E-state index in [-0.39, 0.29) is 5.92 Å². The molecule has 1 unspecified atom stereocenters. The van der Waals surface area contributed by atoms with Crippen LogP contribution in [0.1, 0.15) is 23.5 Å². The number of fused-ring (bicyclic) bond motifs is 5. The van der Waals surface area contributed by atoms with Crippen molar-refractivity contribution in [1.29, 1.82) is 0 Å². The van der Waals surface area contributed by atoms with Gasteiger partial charge in [-0.1, -0.05) is 158 Å². The largest absolute Gasteiger partial charge is 0.455 e. The summed E-state index contributed by atoms with van der Waals surface area (Å²) in [5, 5.41) is 7.62. The summed E-state index contributed by atoms with van der Waals surface area (Å²) in [6, 6.07) is 52.1. The molecule has 1 nitrogen and oxygen atoms in total. The lowest BCUT2D eigenvalue weighted by molar-refractivity contribution is 0.670. The summed E-state index contributed by atoms with van der Waals surface area (Å²) in [4.78, 5) is 0. The van der Waals surface area contributed by atoms with Crippen LogP contribution in [0.25, 0.3) is 71.3 Å². The fraction of sp³-hybridized carbons (Fsp3) is 0.0455. The molecule has 0 N–H and O–H groups in total. The van der Waals surface area contributed by atoms with Crippen LogP contribution < -0.4 is 0 Å². The Balaban J connectivity index is 1.17. The monoisotopic (exact) mass is 574 g/mol. The highest BCUT2D eigenvalue weighted by molar-refractivity contribution is 6.16. The van der Waals surface area contributed by atoms with E-state index in [1.54, 1.807) is 0 Å². The van der Waals surface area contributed by atoms with Gasteiger partial charge < -0.3 is 4.42 Å². The molecule has 45 heavy (non-hydrogen) atoms. The van der Waals surface area contributed by atoms with Crippen LogP contribution in [-0.2, 0) is 0 Å². The van der Waals surface area contributed by atoms with Crippen molar-refractivity contribution in [2.45, 2.75) is 12.3 Å². The van der Waals surface area contributed by atoms with Crippen molar-refractivity contribution in [3.05, 3.63) is 175 Å². The van der Waals surface area contributed by atoms with E-state index in [9.17, 15) is 0 Å². The number of rotatable bonds is 4. The zero-order chi connectivity index (χ0) is 29.7. The second-order valence-corrected chi connectivity index (χ2v) is 11.9. The summed E-state index contributed by atoms with van der Waals surface area (Å²) in [7, 11) is 0. The number of benzene rings is 7. The first-order valence-electron chi connectivity index (χ1n) is 15.7. The third-order valence-electron chi connectivity index (χ3n) is 9.42. The Hall–Kier alpha value is -5.66. The van der Waals surface area contributed by atoms with Crippen LogP contribution in [-0.4, -0.2) is 0 Å². The van der Waals surface area contributed by atoms with Crippen LogP contribution in [0.4, 0.5) is 0 Å². The summed E-state index contributed by atoms with van der Waals surface area (Å²) < 4.78 is 6.55. The topological polar surface area (TPSA) is 13.1 Å². The minimum Gasteiger partial charge on any atom is -0.455 e. The van der Waals surface area contributed by atoms with Gasteiger partial charge in [-0.25, -0.2) is 0 Å². The van der Waals surface area contributed by atoms with Crippen LogP contribution in [0.5, 0.6) is 0 Å². The van der Waals surface area contributed by atoms with Gasteiger partial charge in [-0.3, -0.25) is 0 Å². The maximum absolute atomic E-state index is 6.55. The summed E-state index contributed by atoms with van der Waals surface area (Å²) in [6.07, 6.45) is 8.11. The van der Waals surface area contributed by atoms with Crippen LogP contribution in [0, 0.1) is 0 Å². The van der Waals surface area contributed by atoms with Gasteiger partial charge in [0.05, 0.1) is 0 Å². The van der Waals surface area contributed by atoms with Gasteiger partial charge >= 0.3 is 0 Å². The van der Waals surface area contributed by atoms with Crippen molar-refractivity contribution in [3.8, 4) is 22.3 Å². The molecule has 1 aliphatic rings. The van der Waals surface area contributed by atoms with Gasteiger partial charge in [0.1, 0.15) is 11.2 Å². The van der Waals surface area contributed by atoms with E-state index < -0.39 is 0 Å². The average molecular weight is 575 g/mol. The van der Waals surface area contributed by atoms with Crippen molar-refractivity contribution in [3.63, 3.8) is 0 Å². The molecule has 0 bridgehead atoms. The Morgan fingerprint density at radius 2 is 1.07 bits per heavy atom. The van der Waals surface area contributed by atoms with Gasteiger partial charge in [0.15, 0.2) is 0 Å². The summed E-state index contributed by atoms with van der Waals surface area (Å²) in [6.45, 7) is 0. The summed E-state index contributed by atoms with van der Waals surface area (Å²) in [5.41, 5.74) is 10.6. The van der Waals surface area contributed by atoms with Crippen molar-refractivity contribution in [1.82, 2.24) is 0 Å². The fourth-order valence-electron chi connectivity index (χ4n) is 7.45. The maximum Gasteiger partial charge on any atom is 0.143 e. The average Bonchev–Trinajstić information content (AvgIpc) is 3.51. The highest BCUT2D eigenvalue weighted by Gasteiger charge is 2.22. The molecule has 0 radical (unpaired) electrons. The van der Waals surface area contributed by atoms with E-state index in [1.165, 1.54) is 60.3 Å². The van der Waals surface area contributed by atoms with Crippen molar-refractivity contribution in [2.75, 3.05) is 0 Å². The molecule has 1 aliphatic carbocycles. The molecular formula is C44H30O. The third kappa shape index (κ3) is 4.16. The molecule has 0 amide bonds. The van der Waals surface area contributed by atoms with Gasteiger partial charge in [-0.15, -0.1) is 0 Å². The molecule has 1 heterocycles. The Kier molecular flexibility index (Phi) is 6.02. The van der Waals surface area contributed by atoms with Gasteiger partial charge in [-0.2, -0.15) is 0 Å². The summed E-state index contributed by atoms with van der Waals surface area (Å²) >= 11 is 0. The van der Waals surface area contributed by atoms with Crippen molar-refractivity contribution in [2.24, 2.45) is 0 Å². The number of hydrogen-bond donors (Lipinski definition) is 0. The van der Waals surface area contributed by atoms with Gasteiger partial charge in [-0.05, 0) is 67.4 Å². The minimum absolute atomic E-state index is 0.276. The van der Waals surface area contributed by atoms with E-state index in [0.29, 0.717) is 0 Å². The van der Waals surface area contributed by atoms with E-state index >= 15 is 0 Å². The number of furan rings is 1. The number of para-hydroxylation sites is 1. The van der Waals surface area contributed by atoms with Crippen LogP contribution in [0.3, 0.4) is 0 Å². The minimum atomic E-state index is 0.276. The predicted octanol–water partition coefficient (Wildman–Crippen LogP) is 12.4. The molecule has 9 rings (SSSR count). The number of allylic oxidation sites excluding steroid dienone is 4. The highest BCUT2D eigenvalue weighted by atomic mass is 16.3. The Bertz CT molecular complexity index is 2380.